The number of aromatic nitrogens is 1. The lowest BCUT2D eigenvalue weighted by Crippen LogP contribution is -2.37. The molecule has 1 aliphatic rings. The third-order valence-corrected chi connectivity index (χ3v) is 4.75. The zero-order chi connectivity index (χ0) is 18.5. The van der Waals surface area contributed by atoms with Crippen LogP contribution in [0.3, 0.4) is 0 Å². The molecule has 6 heteroatoms. The largest absolute Gasteiger partial charge is 0.343 e. The van der Waals surface area contributed by atoms with Crippen molar-refractivity contribution in [2.24, 2.45) is 5.92 Å². The molecule has 0 spiro atoms. The molecule has 0 atom stereocenters. The first kappa shape index (κ1) is 18.0. The van der Waals surface area contributed by atoms with Crippen LogP contribution < -0.4 is 5.32 Å². The van der Waals surface area contributed by atoms with Crippen molar-refractivity contribution < 1.29 is 14.0 Å². The van der Waals surface area contributed by atoms with Crippen LogP contribution in [0.1, 0.15) is 26.2 Å². The Morgan fingerprint density at radius 2 is 1.92 bits per heavy atom. The van der Waals surface area contributed by atoms with Crippen LogP contribution in [0.15, 0.2) is 42.6 Å². The van der Waals surface area contributed by atoms with Gasteiger partial charge in [0.05, 0.1) is 0 Å². The quantitative estimate of drug-likeness (QED) is 0.913. The second-order valence-corrected chi connectivity index (χ2v) is 6.61. The Balaban J connectivity index is 1.54. The van der Waals surface area contributed by atoms with E-state index < -0.39 is 0 Å². The lowest BCUT2D eigenvalue weighted by molar-refractivity contribution is -0.130. The fourth-order valence-corrected chi connectivity index (χ4v) is 3.23. The molecule has 1 saturated heterocycles. The summed E-state index contributed by atoms with van der Waals surface area (Å²) in [6.07, 6.45) is 3.65. The number of carbonyl (C=O) groups is 2. The molecule has 5 nitrogen and oxygen atoms in total. The van der Waals surface area contributed by atoms with E-state index in [0.29, 0.717) is 36.5 Å². The van der Waals surface area contributed by atoms with Gasteiger partial charge in [-0.25, -0.2) is 9.37 Å². The van der Waals surface area contributed by atoms with Crippen LogP contribution in [-0.4, -0.2) is 34.8 Å². The molecule has 0 aliphatic carbocycles. The molecule has 1 aliphatic heterocycles. The number of hydrogen-bond donors (Lipinski definition) is 1. The Bertz CT molecular complexity index is 784. The number of carbonyl (C=O) groups excluding carboxylic acids is 2. The average molecular weight is 355 g/mol. The number of rotatable bonds is 4. The van der Waals surface area contributed by atoms with Gasteiger partial charge in [-0.2, -0.15) is 0 Å². The molecule has 1 fully saturated rings. The third-order valence-electron chi connectivity index (χ3n) is 4.75. The normalized spacial score (nSPS) is 14.9. The van der Waals surface area contributed by atoms with E-state index in [9.17, 15) is 14.0 Å². The number of pyridine rings is 1. The standard InChI is InChI=1S/C20H22FN3O2/c1-14(25)24-10-8-15(9-11-24)12-20(26)23-19-7-6-16(13-22-19)17-4-2-3-5-18(17)21/h2-7,13,15H,8-12H2,1H3,(H,22,23,26). The van der Waals surface area contributed by atoms with E-state index >= 15 is 0 Å². The van der Waals surface area contributed by atoms with Crippen LogP contribution >= 0.6 is 0 Å². The Kier molecular flexibility index (Phi) is 5.61. The van der Waals surface area contributed by atoms with Gasteiger partial charge in [0.15, 0.2) is 0 Å². The summed E-state index contributed by atoms with van der Waals surface area (Å²) >= 11 is 0. The van der Waals surface area contributed by atoms with Gasteiger partial charge >= 0.3 is 0 Å². The first-order valence-corrected chi connectivity index (χ1v) is 8.79. The van der Waals surface area contributed by atoms with Crippen molar-refractivity contribution in [1.29, 1.82) is 0 Å². The maximum absolute atomic E-state index is 13.8. The van der Waals surface area contributed by atoms with E-state index in [4.69, 9.17) is 0 Å². The number of amides is 2. The summed E-state index contributed by atoms with van der Waals surface area (Å²) in [5.74, 6) is 0.437. The van der Waals surface area contributed by atoms with Crippen LogP contribution in [-0.2, 0) is 9.59 Å². The van der Waals surface area contributed by atoms with Gasteiger partial charge < -0.3 is 10.2 Å². The monoisotopic (exact) mass is 355 g/mol. The molecule has 1 N–H and O–H groups in total. The molecule has 3 rings (SSSR count). The smallest absolute Gasteiger partial charge is 0.225 e. The van der Waals surface area contributed by atoms with E-state index in [-0.39, 0.29) is 23.5 Å². The fraction of sp³-hybridized carbons (Fsp3) is 0.350. The first-order valence-electron chi connectivity index (χ1n) is 8.79. The Morgan fingerprint density at radius 1 is 1.19 bits per heavy atom. The van der Waals surface area contributed by atoms with Crippen molar-refractivity contribution >= 4 is 17.6 Å². The second kappa shape index (κ2) is 8.08. The van der Waals surface area contributed by atoms with Gasteiger partial charge in [-0.15, -0.1) is 0 Å². The summed E-state index contributed by atoms with van der Waals surface area (Å²) in [6.45, 7) is 3.00. The van der Waals surface area contributed by atoms with Crippen LogP contribution in [0.5, 0.6) is 0 Å². The predicted octanol–water partition coefficient (Wildman–Crippen LogP) is 3.47. The highest BCUT2D eigenvalue weighted by atomic mass is 19.1. The molecule has 2 amide bonds. The van der Waals surface area contributed by atoms with Crippen molar-refractivity contribution in [2.45, 2.75) is 26.2 Å². The van der Waals surface area contributed by atoms with E-state index in [0.717, 1.165) is 12.8 Å². The fourth-order valence-electron chi connectivity index (χ4n) is 3.23. The lowest BCUT2D eigenvalue weighted by atomic mass is 9.93. The minimum absolute atomic E-state index is 0.0857. The molecule has 26 heavy (non-hydrogen) atoms. The van der Waals surface area contributed by atoms with Gasteiger partial charge in [-0.3, -0.25) is 9.59 Å². The Labute approximate surface area is 152 Å². The number of benzene rings is 1. The minimum Gasteiger partial charge on any atom is -0.343 e. The summed E-state index contributed by atoms with van der Waals surface area (Å²) in [6, 6.07) is 9.93. The molecular weight excluding hydrogens is 333 g/mol. The first-order chi connectivity index (χ1) is 12.5. The van der Waals surface area contributed by atoms with Crippen LogP contribution in [0, 0.1) is 11.7 Å². The number of nitrogens with one attached hydrogen (secondary N) is 1. The number of hydrogen-bond acceptors (Lipinski definition) is 3. The van der Waals surface area contributed by atoms with E-state index in [1.807, 2.05) is 4.90 Å². The maximum Gasteiger partial charge on any atom is 0.225 e. The third kappa shape index (κ3) is 4.45. The molecule has 0 saturated carbocycles. The van der Waals surface area contributed by atoms with Crippen molar-refractivity contribution in [2.75, 3.05) is 18.4 Å². The van der Waals surface area contributed by atoms with E-state index in [1.54, 1.807) is 43.5 Å². The summed E-state index contributed by atoms with van der Waals surface area (Å²) in [5.41, 5.74) is 1.15. The Hall–Kier alpha value is -2.76. The second-order valence-electron chi connectivity index (χ2n) is 6.61. The molecule has 2 heterocycles. The SMILES string of the molecule is CC(=O)N1CCC(CC(=O)Nc2ccc(-c3ccccc3F)cn2)CC1. The number of likely N-dealkylation sites (tertiary alicyclic amines) is 1. The Morgan fingerprint density at radius 3 is 2.54 bits per heavy atom. The number of nitrogens with zero attached hydrogens (tertiary/aromatic N) is 2. The molecule has 0 bridgehead atoms. The summed E-state index contributed by atoms with van der Waals surface area (Å²) < 4.78 is 13.8. The zero-order valence-corrected chi connectivity index (χ0v) is 14.7. The van der Waals surface area contributed by atoms with Crippen molar-refractivity contribution in [3.8, 4) is 11.1 Å². The van der Waals surface area contributed by atoms with Gasteiger partial charge in [-0.05, 0) is 37.0 Å². The zero-order valence-electron chi connectivity index (χ0n) is 14.7. The van der Waals surface area contributed by atoms with Gasteiger partial charge in [-0.1, -0.05) is 18.2 Å². The highest BCUT2D eigenvalue weighted by Gasteiger charge is 2.22. The molecule has 1 aromatic heterocycles. The van der Waals surface area contributed by atoms with Crippen LogP contribution in [0.2, 0.25) is 0 Å². The van der Waals surface area contributed by atoms with Gasteiger partial charge in [0.1, 0.15) is 11.6 Å². The average Bonchev–Trinajstić information content (AvgIpc) is 2.63. The number of anilines is 1. The lowest BCUT2D eigenvalue weighted by Gasteiger charge is -2.30. The molecule has 0 unspecified atom stereocenters. The van der Waals surface area contributed by atoms with Gasteiger partial charge in [0.25, 0.3) is 0 Å². The molecule has 1 aromatic carbocycles. The van der Waals surface area contributed by atoms with E-state index in [1.165, 1.54) is 6.07 Å². The van der Waals surface area contributed by atoms with Gasteiger partial charge in [0, 0.05) is 43.8 Å². The highest BCUT2D eigenvalue weighted by Crippen LogP contribution is 2.23. The maximum atomic E-state index is 13.8. The van der Waals surface area contributed by atoms with E-state index in [2.05, 4.69) is 10.3 Å². The molecule has 2 aromatic rings. The van der Waals surface area contributed by atoms with Crippen molar-refractivity contribution in [3.05, 3.63) is 48.4 Å². The number of halogens is 1. The predicted molar refractivity (Wildman–Crippen MR) is 97.9 cm³/mol. The summed E-state index contributed by atoms with van der Waals surface area (Å²) in [5, 5.41) is 2.79. The van der Waals surface area contributed by atoms with Crippen LogP contribution in [0.25, 0.3) is 11.1 Å². The number of piperidine rings is 1. The molecular formula is C20H22FN3O2. The molecule has 0 radical (unpaired) electrons. The summed E-state index contributed by atoms with van der Waals surface area (Å²) in [4.78, 5) is 29.6. The minimum atomic E-state index is -0.303. The van der Waals surface area contributed by atoms with Crippen LogP contribution in [0.4, 0.5) is 10.2 Å². The van der Waals surface area contributed by atoms with Crippen molar-refractivity contribution in [1.82, 2.24) is 9.88 Å². The highest BCUT2D eigenvalue weighted by molar-refractivity contribution is 5.90. The van der Waals surface area contributed by atoms with Crippen molar-refractivity contribution in [3.63, 3.8) is 0 Å². The topological polar surface area (TPSA) is 62.3 Å². The molecule has 136 valence electrons. The summed E-state index contributed by atoms with van der Waals surface area (Å²) in [7, 11) is 0. The van der Waals surface area contributed by atoms with Gasteiger partial charge in [0.2, 0.25) is 11.8 Å².